The Hall–Kier alpha value is -1.32. The molecule has 0 aromatic rings. The van der Waals surface area contributed by atoms with Crippen LogP contribution in [0.1, 0.15) is 32.6 Å². The molecule has 0 spiro atoms. The van der Waals surface area contributed by atoms with Gasteiger partial charge in [0.15, 0.2) is 0 Å². The van der Waals surface area contributed by atoms with Crippen molar-refractivity contribution in [1.82, 2.24) is 5.32 Å². The second-order valence-corrected chi connectivity index (χ2v) is 4.15. The van der Waals surface area contributed by atoms with Gasteiger partial charge in [-0.15, -0.1) is 0 Å². The van der Waals surface area contributed by atoms with Crippen LogP contribution in [-0.2, 0) is 9.59 Å². The van der Waals surface area contributed by atoms with Crippen LogP contribution in [0.2, 0.25) is 0 Å². The lowest BCUT2D eigenvalue weighted by atomic mass is 9.87. The zero-order chi connectivity index (χ0) is 11.3. The quantitative estimate of drug-likeness (QED) is 0.692. The number of aliphatic carboxylic acids is 1. The van der Waals surface area contributed by atoms with E-state index >= 15 is 0 Å². The largest absolute Gasteiger partial charge is 0.478 e. The van der Waals surface area contributed by atoms with Gasteiger partial charge in [-0.25, -0.2) is 4.79 Å². The van der Waals surface area contributed by atoms with E-state index in [1.807, 2.05) is 0 Å². The fraction of sp³-hybridized carbons (Fsp3) is 0.636. The standard InChI is InChI=1S/C11H17NO3/c1-8-3-2-4-9(7-8)12-10(13)5-6-11(14)15/h5-6,8-9H,2-4,7H2,1H3,(H,12,13)(H,14,15)/b6-5+. The van der Waals surface area contributed by atoms with Gasteiger partial charge in [0.2, 0.25) is 5.91 Å². The summed E-state index contributed by atoms with van der Waals surface area (Å²) in [6, 6.07) is 0.208. The van der Waals surface area contributed by atoms with Crippen molar-refractivity contribution in [2.45, 2.75) is 38.6 Å². The van der Waals surface area contributed by atoms with Crippen LogP contribution in [0.25, 0.3) is 0 Å². The van der Waals surface area contributed by atoms with E-state index in [1.54, 1.807) is 0 Å². The van der Waals surface area contributed by atoms with Crippen molar-refractivity contribution >= 4 is 11.9 Å². The molecule has 0 saturated heterocycles. The Bertz CT molecular complexity index is 273. The average molecular weight is 211 g/mol. The first kappa shape index (κ1) is 11.8. The summed E-state index contributed by atoms with van der Waals surface area (Å²) in [4.78, 5) is 21.4. The monoisotopic (exact) mass is 211 g/mol. The molecule has 1 amide bonds. The Labute approximate surface area is 89.4 Å². The number of amides is 1. The maximum Gasteiger partial charge on any atom is 0.328 e. The second kappa shape index (κ2) is 5.53. The molecule has 2 N–H and O–H groups in total. The van der Waals surface area contributed by atoms with Gasteiger partial charge < -0.3 is 10.4 Å². The van der Waals surface area contributed by atoms with Crippen molar-refractivity contribution in [3.63, 3.8) is 0 Å². The van der Waals surface area contributed by atoms with Crippen molar-refractivity contribution in [3.05, 3.63) is 12.2 Å². The maximum atomic E-state index is 11.3. The second-order valence-electron chi connectivity index (χ2n) is 4.15. The highest BCUT2D eigenvalue weighted by molar-refractivity contribution is 5.93. The highest BCUT2D eigenvalue weighted by Crippen LogP contribution is 2.23. The minimum absolute atomic E-state index is 0.208. The highest BCUT2D eigenvalue weighted by Gasteiger charge is 2.19. The first-order chi connectivity index (χ1) is 7.08. The summed E-state index contributed by atoms with van der Waals surface area (Å²) in [6.45, 7) is 2.17. The molecule has 1 aliphatic rings. The molecule has 2 unspecified atom stereocenters. The third-order valence-electron chi connectivity index (χ3n) is 2.66. The molecule has 0 aromatic heterocycles. The predicted octanol–water partition coefficient (Wildman–Crippen LogP) is 1.32. The van der Waals surface area contributed by atoms with Crippen LogP contribution >= 0.6 is 0 Å². The SMILES string of the molecule is CC1CCCC(NC(=O)/C=C/C(=O)O)C1. The van der Waals surface area contributed by atoms with Crippen LogP contribution in [0, 0.1) is 5.92 Å². The molecule has 1 aliphatic carbocycles. The minimum atomic E-state index is -1.10. The van der Waals surface area contributed by atoms with Gasteiger partial charge in [0, 0.05) is 18.2 Å². The molecule has 2 atom stereocenters. The summed E-state index contributed by atoms with van der Waals surface area (Å²) >= 11 is 0. The molecule has 84 valence electrons. The smallest absolute Gasteiger partial charge is 0.328 e. The number of nitrogens with one attached hydrogen (secondary N) is 1. The van der Waals surface area contributed by atoms with E-state index in [1.165, 1.54) is 6.42 Å². The number of carboxylic acid groups (broad SMARTS) is 1. The van der Waals surface area contributed by atoms with Crippen molar-refractivity contribution in [3.8, 4) is 0 Å². The number of rotatable bonds is 3. The van der Waals surface area contributed by atoms with Crippen LogP contribution < -0.4 is 5.32 Å². The average Bonchev–Trinajstić information content (AvgIpc) is 2.15. The molecule has 15 heavy (non-hydrogen) atoms. The van der Waals surface area contributed by atoms with Crippen LogP contribution in [-0.4, -0.2) is 23.0 Å². The van der Waals surface area contributed by atoms with Gasteiger partial charge in [0.25, 0.3) is 0 Å². The molecular weight excluding hydrogens is 194 g/mol. The van der Waals surface area contributed by atoms with E-state index < -0.39 is 5.97 Å². The van der Waals surface area contributed by atoms with Crippen molar-refractivity contribution in [2.75, 3.05) is 0 Å². The minimum Gasteiger partial charge on any atom is -0.478 e. The normalized spacial score (nSPS) is 26.5. The van der Waals surface area contributed by atoms with Gasteiger partial charge in [0.1, 0.15) is 0 Å². The van der Waals surface area contributed by atoms with Gasteiger partial charge in [-0.1, -0.05) is 19.8 Å². The number of hydrogen-bond donors (Lipinski definition) is 2. The van der Waals surface area contributed by atoms with E-state index in [0.717, 1.165) is 31.4 Å². The van der Waals surface area contributed by atoms with E-state index in [2.05, 4.69) is 12.2 Å². The summed E-state index contributed by atoms with van der Waals surface area (Å²) in [6.07, 6.45) is 6.28. The summed E-state index contributed by atoms with van der Waals surface area (Å²) in [5.74, 6) is -0.758. The molecule has 4 heteroatoms. The molecule has 1 saturated carbocycles. The van der Waals surface area contributed by atoms with Crippen LogP contribution in [0.3, 0.4) is 0 Å². The third kappa shape index (κ3) is 4.63. The number of carbonyl (C=O) groups excluding carboxylic acids is 1. The van der Waals surface area contributed by atoms with E-state index in [-0.39, 0.29) is 11.9 Å². The molecule has 0 aromatic carbocycles. The van der Waals surface area contributed by atoms with Crippen LogP contribution in [0.4, 0.5) is 0 Å². The first-order valence-corrected chi connectivity index (χ1v) is 5.29. The molecule has 1 rings (SSSR count). The molecular formula is C11H17NO3. The summed E-state index contributed by atoms with van der Waals surface area (Å²) in [7, 11) is 0. The Balaban J connectivity index is 2.34. The molecule has 1 fully saturated rings. The summed E-state index contributed by atoms with van der Waals surface area (Å²) in [5, 5.41) is 11.2. The fourth-order valence-electron chi connectivity index (χ4n) is 1.96. The van der Waals surface area contributed by atoms with Crippen molar-refractivity contribution in [2.24, 2.45) is 5.92 Å². The molecule has 0 radical (unpaired) electrons. The summed E-state index contributed by atoms with van der Waals surface area (Å²) in [5.41, 5.74) is 0. The molecule has 0 heterocycles. The number of carboxylic acids is 1. The van der Waals surface area contributed by atoms with Crippen molar-refractivity contribution in [1.29, 1.82) is 0 Å². The predicted molar refractivity (Wildman–Crippen MR) is 56.3 cm³/mol. The van der Waals surface area contributed by atoms with Crippen LogP contribution in [0.15, 0.2) is 12.2 Å². The number of hydrogen-bond acceptors (Lipinski definition) is 2. The Kier molecular flexibility index (Phi) is 4.34. The lowest BCUT2D eigenvalue weighted by Gasteiger charge is -2.26. The lowest BCUT2D eigenvalue weighted by Crippen LogP contribution is -2.37. The van der Waals surface area contributed by atoms with Crippen LogP contribution in [0.5, 0.6) is 0 Å². The maximum absolute atomic E-state index is 11.3. The van der Waals surface area contributed by atoms with Gasteiger partial charge in [-0.2, -0.15) is 0 Å². The lowest BCUT2D eigenvalue weighted by molar-refractivity contribution is -0.131. The highest BCUT2D eigenvalue weighted by atomic mass is 16.4. The Morgan fingerprint density at radius 1 is 1.33 bits per heavy atom. The number of carbonyl (C=O) groups is 2. The zero-order valence-electron chi connectivity index (χ0n) is 8.90. The van der Waals surface area contributed by atoms with Gasteiger partial charge in [0.05, 0.1) is 0 Å². The summed E-state index contributed by atoms with van der Waals surface area (Å²) < 4.78 is 0. The first-order valence-electron chi connectivity index (χ1n) is 5.29. The van der Waals surface area contributed by atoms with E-state index in [0.29, 0.717) is 5.92 Å². The fourth-order valence-corrected chi connectivity index (χ4v) is 1.96. The molecule has 0 bridgehead atoms. The Morgan fingerprint density at radius 2 is 2.07 bits per heavy atom. The third-order valence-corrected chi connectivity index (χ3v) is 2.66. The topological polar surface area (TPSA) is 66.4 Å². The van der Waals surface area contributed by atoms with Gasteiger partial charge in [-0.05, 0) is 18.8 Å². The molecule has 0 aliphatic heterocycles. The van der Waals surface area contributed by atoms with E-state index in [9.17, 15) is 9.59 Å². The zero-order valence-corrected chi connectivity index (χ0v) is 8.90. The van der Waals surface area contributed by atoms with Gasteiger partial charge >= 0.3 is 5.97 Å². The van der Waals surface area contributed by atoms with Crippen molar-refractivity contribution < 1.29 is 14.7 Å². The van der Waals surface area contributed by atoms with E-state index in [4.69, 9.17) is 5.11 Å². The Morgan fingerprint density at radius 3 is 2.67 bits per heavy atom. The van der Waals surface area contributed by atoms with Gasteiger partial charge in [-0.3, -0.25) is 4.79 Å². The molecule has 4 nitrogen and oxygen atoms in total.